The fourth-order valence-corrected chi connectivity index (χ4v) is 5.50. The third-order valence-electron chi connectivity index (χ3n) is 7.53. The monoisotopic (exact) mass is 527 g/mol. The van der Waals surface area contributed by atoms with Crippen LogP contribution >= 0.6 is 0 Å². The van der Waals surface area contributed by atoms with Crippen molar-refractivity contribution in [3.63, 3.8) is 0 Å². The van der Waals surface area contributed by atoms with E-state index in [4.69, 9.17) is 15.2 Å². The molecule has 0 aliphatic heterocycles. The van der Waals surface area contributed by atoms with Gasteiger partial charge in [-0.2, -0.15) is 0 Å². The van der Waals surface area contributed by atoms with Crippen LogP contribution in [-0.2, 0) is 9.53 Å². The molecule has 3 N–H and O–H groups in total. The molecule has 0 bridgehead atoms. The minimum absolute atomic E-state index is 0.135. The molecule has 5 rings (SSSR count). The van der Waals surface area contributed by atoms with Crippen molar-refractivity contribution in [3.05, 3.63) is 67.1 Å². The van der Waals surface area contributed by atoms with E-state index >= 15 is 0 Å². The highest BCUT2D eigenvalue weighted by atomic mass is 16.5. The summed E-state index contributed by atoms with van der Waals surface area (Å²) in [5, 5.41) is 4.29. The molecule has 4 aromatic rings. The van der Waals surface area contributed by atoms with Gasteiger partial charge < -0.3 is 25.1 Å². The van der Waals surface area contributed by atoms with E-state index in [1.165, 1.54) is 12.8 Å². The summed E-state index contributed by atoms with van der Waals surface area (Å²) >= 11 is 0. The Morgan fingerprint density at radius 2 is 1.74 bits per heavy atom. The van der Waals surface area contributed by atoms with Crippen LogP contribution in [-0.4, -0.2) is 40.2 Å². The summed E-state index contributed by atoms with van der Waals surface area (Å²) in [6.45, 7) is 3.88. The number of rotatable bonds is 11. The summed E-state index contributed by atoms with van der Waals surface area (Å²) in [5.41, 5.74) is 9.38. The van der Waals surface area contributed by atoms with Crippen molar-refractivity contribution in [3.8, 4) is 22.6 Å². The first-order valence-electron chi connectivity index (χ1n) is 13.9. The molecule has 0 amide bonds. The summed E-state index contributed by atoms with van der Waals surface area (Å²) in [6.07, 6.45) is 9.86. The number of hydrogen-bond donors (Lipinski definition) is 2. The molecule has 2 aromatic heterocycles. The maximum atomic E-state index is 11.5. The Kier molecular flexibility index (Phi) is 8.73. The number of anilines is 1. The molecule has 0 spiro atoms. The number of carbonyl (C=O) groups excluding carboxylic acids is 1. The smallest absolute Gasteiger partial charge is 0.307 e. The number of esters is 1. The van der Waals surface area contributed by atoms with Gasteiger partial charge >= 0.3 is 5.97 Å². The minimum Gasteiger partial charge on any atom is -0.466 e. The van der Waals surface area contributed by atoms with E-state index in [1.54, 1.807) is 6.33 Å². The topological polar surface area (TPSA) is 104 Å². The van der Waals surface area contributed by atoms with E-state index in [1.807, 2.05) is 49.4 Å². The number of nitrogens with one attached hydrogen (secondary N) is 1. The molecule has 0 radical (unpaired) electrons. The van der Waals surface area contributed by atoms with Crippen LogP contribution in [0.25, 0.3) is 22.2 Å². The van der Waals surface area contributed by atoms with Gasteiger partial charge in [-0.05, 0) is 81.3 Å². The molecule has 2 aromatic carbocycles. The number of fused-ring (bicyclic) bond motifs is 1. The normalized spacial score (nSPS) is 17.3. The second kappa shape index (κ2) is 12.8. The summed E-state index contributed by atoms with van der Waals surface area (Å²) in [5.74, 6) is 2.65. The number of benzene rings is 2. The Labute approximate surface area is 229 Å². The van der Waals surface area contributed by atoms with E-state index in [0.29, 0.717) is 37.4 Å². The fourth-order valence-electron chi connectivity index (χ4n) is 5.50. The SMILES string of the molecule is CCOC(=O)CCNCCC1CCC(n2cc(-c3ccc(Oc4ccccc4)cc3)c3c(N)ncnc32)CC1. The Balaban J connectivity index is 1.23. The zero-order chi connectivity index (χ0) is 27.0. The van der Waals surface area contributed by atoms with Crippen LogP contribution in [0, 0.1) is 5.92 Å². The molecule has 8 heteroatoms. The highest BCUT2D eigenvalue weighted by molar-refractivity contribution is 6.00. The number of hydrogen-bond acceptors (Lipinski definition) is 7. The third-order valence-corrected chi connectivity index (χ3v) is 7.53. The Morgan fingerprint density at radius 3 is 2.49 bits per heavy atom. The van der Waals surface area contributed by atoms with Gasteiger partial charge in [0.2, 0.25) is 0 Å². The zero-order valence-electron chi connectivity index (χ0n) is 22.5. The zero-order valence-corrected chi connectivity index (χ0v) is 22.5. The first-order chi connectivity index (χ1) is 19.1. The van der Waals surface area contributed by atoms with Crippen molar-refractivity contribution in [2.75, 3.05) is 25.4 Å². The average molecular weight is 528 g/mol. The average Bonchev–Trinajstić information content (AvgIpc) is 3.35. The summed E-state index contributed by atoms with van der Waals surface area (Å²) < 4.78 is 13.3. The third kappa shape index (κ3) is 6.57. The molecule has 39 heavy (non-hydrogen) atoms. The van der Waals surface area contributed by atoms with Crippen LogP contribution < -0.4 is 15.8 Å². The minimum atomic E-state index is -0.135. The number of carbonyl (C=O) groups is 1. The van der Waals surface area contributed by atoms with Gasteiger partial charge in [0.1, 0.15) is 29.3 Å². The lowest BCUT2D eigenvalue weighted by atomic mass is 9.84. The maximum Gasteiger partial charge on any atom is 0.307 e. The molecule has 0 unspecified atom stereocenters. The van der Waals surface area contributed by atoms with Gasteiger partial charge in [-0.3, -0.25) is 4.79 Å². The van der Waals surface area contributed by atoms with Crippen molar-refractivity contribution in [2.24, 2.45) is 5.92 Å². The number of nitrogen functional groups attached to an aromatic ring is 1. The second-order valence-corrected chi connectivity index (χ2v) is 10.1. The van der Waals surface area contributed by atoms with Gasteiger partial charge in [0.15, 0.2) is 0 Å². The number of para-hydroxylation sites is 1. The maximum absolute atomic E-state index is 11.5. The predicted octanol–water partition coefficient (Wildman–Crippen LogP) is 6.14. The van der Waals surface area contributed by atoms with E-state index in [2.05, 4.69) is 38.2 Å². The molecule has 0 atom stereocenters. The van der Waals surface area contributed by atoms with E-state index < -0.39 is 0 Å². The Hall–Kier alpha value is -3.91. The molecule has 1 fully saturated rings. The molecular weight excluding hydrogens is 490 g/mol. The number of nitrogens with two attached hydrogens (primary N) is 1. The van der Waals surface area contributed by atoms with Gasteiger partial charge in [0.25, 0.3) is 0 Å². The lowest BCUT2D eigenvalue weighted by Crippen LogP contribution is -2.24. The Morgan fingerprint density at radius 1 is 1.00 bits per heavy atom. The van der Waals surface area contributed by atoms with Crippen LogP contribution in [0.5, 0.6) is 11.5 Å². The van der Waals surface area contributed by atoms with Crippen LogP contribution in [0.15, 0.2) is 67.1 Å². The highest BCUT2D eigenvalue weighted by Gasteiger charge is 2.25. The molecule has 204 valence electrons. The van der Waals surface area contributed by atoms with Crippen LogP contribution in [0.4, 0.5) is 5.82 Å². The molecular formula is C31H37N5O3. The first kappa shape index (κ1) is 26.7. The number of nitrogens with zero attached hydrogens (tertiary/aromatic N) is 3. The molecule has 8 nitrogen and oxygen atoms in total. The van der Waals surface area contributed by atoms with E-state index in [-0.39, 0.29) is 5.97 Å². The van der Waals surface area contributed by atoms with Gasteiger partial charge in [0, 0.05) is 24.3 Å². The molecule has 1 aliphatic rings. The summed E-state index contributed by atoms with van der Waals surface area (Å²) in [7, 11) is 0. The van der Waals surface area contributed by atoms with E-state index in [9.17, 15) is 4.79 Å². The van der Waals surface area contributed by atoms with Crippen molar-refractivity contribution < 1.29 is 14.3 Å². The van der Waals surface area contributed by atoms with Gasteiger partial charge in [0.05, 0.1) is 18.4 Å². The first-order valence-corrected chi connectivity index (χ1v) is 13.9. The fraction of sp³-hybridized carbons (Fsp3) is 0.387. The number of aromatic nitrogens is 3. The van der Waals surface area contributed by atoms with Crippen LogP contribution in [0.2, 0.25) is 0 Å². The highest BCUT2D eigenvalue weighted by Crippen LogP contribution is 2.40. The summed E-state index contributed by atoms with van der Waals surface area (Å²) in [6, 6.07) is 18.2. The Bertz CT molecular complexity index is 1360. The summed E-state index contributed by atoms with van der Waals surface area (Å²) in [4.78, 5) is 20.4. The quantitative estimate of drug-likeness (QED) is 0.178. The van der Waals surface area contributed by atoms with Gasteiger partial charge in [-0.15, -0.1) is 0 Å². The van der Waals surface area contributed by atoms with Crippen molar-refractivity contribution in [1.82, 2.24) is 19.9 Å². The predicted molar refractivity (Wildman–Crippen MR) is 154 cm³/mol. The van der Waals surface area contributed by atoms with Crippen molar-refractivity contribution in [1.29, 1.82) is 0 Å². The van der Waals surface area contributed by atoms with Crippen molar-refractivity contribution >= 4 is 22.8 Å². The molecule has 0 saturated heterocycles. The largest absolute Gasteiger partial charge is 0.466 e. The second-order valence-electron chi connectivity index (χ2n) is 10.1. The van der Waals surface area contributed by atoms with Gasteiger partial charge in [-0.1, -0.05) is 30.3 Å². The van der Waals surface area contributed by atoms with Gasteiger partial charge in [-0.25, -0.2) is 9.97 Å². The van der Waals surface area contributed by atoms with Crippen molar-refractivity contribution in [2.45, 2.75) is 51.5 Å². The van der Waals surface area contributed by atoms with Crippen LogP contribution in [0.3, 0.4) is 0 Å². The lowest BCUT2D eigenvalue weighted by Gasteiger charge is -2.30. The molecule has 1 aliphatic carbocycles. The standard InChI is InChI=1S/C31H37N5O3/c1-2-38-28(37)17-19-33-18-16-22-8-12-24(13-9-22)36-20-27(29-30(32)34-21-35-31(29)36)23-10-14-26(15-11-23)39-25-6-4-3-5-7-25/h3-7,10-11,14-15,20-22,24,33H,2,8-9,12-13,16-19H2,1H3,(H2,32,34,35). The molecule has 1 saturated carbocycles. The lowest BCUT2D eigenvalue weighted by molar-refractivity contribution is -0.142. The van der Waals surface area contributed by atoms with E-state index in [0.717, 1.165) is 59.5 Å². The van der Waals surface area contributed by atoms with Crippen LogP contribution in [0.1, 0.15) is 51.5 Å². The molecule has 2 heterocycles. The number of ether oxygens (including phenoxy) is 2.